The molecule has 7 nitrogen and oxygen atoms in total. The van der Waals surface area contributed by atoms with E-state index in [1.54, 1.807) is 42.5 Å². The van der Waals surface area contributed by atoms with Gasteiger partial charge in [0.2, 0.25) is 5.91 Å². The van der Waals surface area contributed by atoms with E-state index in [-0.39, 0.29) is 17.6 Å². The maximum Gasteiger partial charge on any atom is 0.338 e. The van der Waals surface area contributed by atoms with E-state index < -0.39 is 0 Å². The first-order valence-corrected chi connectivity index (χ1v) is 11.1. The number of aryl methyl sites for hydroxylation is 1. The molecule has 0 aliphatic heterocycles. The predicted octanol–water partition coefficient (Wildman–Crippen LogP) is 4.24. The zero-order valence-corrected chi connectivity index (χ0v) is 18.1. The zero-order valence-electron chi connectivity index (χ0n) is 16.5. The highest BCUT2D eigenvalue weighted by Gasteiger charge is 2.15. The van der Waals surface area contributed by atoms with Crippen LogP contribution in [0.25, 0.3) is 11.4 Å². The Bertz CT molecular complexity index is 996. The van der Waals surface area contributed by atoms with Gasteiger partial charge in [-0.2, -0.15) is 0 Å². The van der Waals surface area contributed by atoms with Crippen LogP contribution in [0, 0.1) is 6.92 Å². The topological polar surface area (TPSA) is 86.1 Å². The minimum Gasteiger partial charge on any atom is -0.462 e. The molecule has 0 fully saturated rings. The van der Waals surface area contributed by atoms with Gasteiger partial charge in [-0.05, 0) is 51.1 Å². The third kappa shape index (κ3) is 5.24. The van der Waals surface area contributed by atoms with E-state index >= 15 is 0 Å². The highest BCUT2D eigenvalue weighted by atomic mass is 32.2. The molecule has 0 spiro atoms. The molecular weight excluding hydrogens is 408 g/mol. The van der Waals surface area contributed by atoms with Crippen molar-refractivity contribution in [3.05, 3.63) is 46.2 Å². The van der Waals surface area contributed by atoms with Crippen LogP contribution in [0.5, 0.6) is 0 Å². The van der Waals surface area contributed by atoms with Crippen LogP contribution >= 0.6 is 23.1 Å². The molecule has 0 atom stereocenters. The molecule has 2 heterocycles. The fourth-order valence-corrected chi connectivity index (χ4v) is 4.17. The molecule has 152 valence electrons. The van der Waals surface area contributed by atoms with E-state index in [1.807, 2.05) is 11.5 Å². The number of nitrogens with one attached hydrogen (secondary N) is 1. The number of ether oxygens (including phenoxy) is 1. The number of benzene rings is 1. The van der Waals surface area contributed by atoms with Gasteiger partial charge in [0.25, 0.3) is 0 Å². The molecular formula is C20H22N4O3S2. The number of thioether (sulfide) groups is 1. The Morgan fingerprint density at radius 3 is 2.59 bits per heavy atom. The number of thiophene rings is 1. The van der Waals surface area contributed by atoms with Crippen LogP contribution in [0.4, 0.5) is 5.69 Å². The van der Waals surface area contributed by atoms with Gasteiger partial charge in [0, 0.05) is 28.1 Å². The van der Waals surface area contributed by atoms with Gasteiger partial charge in [-0.3, -0.25) is 4.79 Å². The van der Waals surface area contributed by atoms with Crippen molar-refractivity contribution < 1.29 is 14.3 Å². The van der Waals surface area contributed by atoms with Crippen LogP contribution in [0.2, 0.25) is 0 Å². The van der Waals surface area contributed by atoms with E-state index in [9.17, 15) is 9.59 Å². The number of amides is 1. The fourth-order valence-electron chi connectivity index (χ4n) is 2.69. The smallest absolute Gasteiger partial charge is 0.338 e. The van der Waals surface area contributed by atoms with Gasteiger partial charge in [0.05, 0.1) is 17.9 Å². The van der Waals surface area contributed by atoms with Gasteiger partial charge < -0.3 is 14.6 Å². The van der Waals surface area contributed by atoms with E-state index in [1.165, 1.54) is 16.6 Å². The molecule has 2 aromatic heterocycles. The molecule has 0 aliphatic carbocycles. The zero-order chi connectivity index (χ0) is 20.8. The van der Waals surface area contributed by atoms with Gasteiger partial charge in [0.1, 0.15) is 0 Å². The number of rotatable bonds is 8. The second kappa shape index (κ2) is 9.71. The van der Waals surface area contributed by atoms with Crippen molar-refractivity contribution in [2.24, 2.45) is 0 Å². The van der Waals surface area contributed by atoms with E-state index in [0.717, 1.165) is 17.9 Å². The molecule has 0 aliphatic rings. The van der Waals surface area contributed by atoms with Crippen LogP contribution < -0.4 is 5.32 Å². The van der Waals surface area contributed by atoms with E-state index in [2.05, 4.69) is 33.9 Å². The summed E-state index contributed by atoms with van der Waals surface area (Å²) in [6.45, 7) is 6.89. The number of esters is 1. The average Bonchev–Trinajstić information content (AvgIpc) is 3.32. The van der Waals surface area contributed by atoms with Crippen LogP contribution in [0.1, 0.15) is 29.1 Å². The van der Waals surface area contributed by atoms with Crippen molar-refractivity contribution >= 4 is 40.7 Å². The Morgan fingerprint density at radius 2 is 1.97 bits per heavy atom. The normalized spacial score (nSPS) is 10.7. The molecule has 1 aromatic carbocycles. The predicted molar refractivity (Wildman–Crippen MR) is 115 cm³/mol. The molecule has 0 bridgehead atoms. The van der Waals surface area contributed by atoms with Gasteiger partial charge in [-0.1, -0.05) is 11.8 Å². The first-order chi connectivity index (χ1) is 14.0. The number of hydrogen-bond acceptors (Lipinski definition) is 7. The maximum atomic E-state index is 12.3. The number of carbonyl (C=O) groups excluding carboxylic acids is 2. The van der Waals surface area contributed by atoms with E-state index in [4.69, 9.17) is 4.74 Å². The molecule has 0 radical (unpaired) electrons. The summed E-state index contributed by atoms with van der Waals surface area (Å²) in [6, 6.07) is 8.70. The van der Waals surface area contributed by atoms with Crippen LogP contribution in [0.3, 0.4) is 0 Å². The summed E-state index contributed by atoms with van der Waals surface area (Å²) in [6.07, 6.45) is 0. The monoisotopic (exact) mass is 430 g/mol. The summed E-state index contributed by atoms with van der Waals surface area (Å²) in [5.41, 5.74) is 2.11. The lowest BCUT2D eigenvalue weighted by Gasteiger charge is -2.08. The van der Waals surface area contributed by atoms with Gasteiger partial charge >= 0.3 is 5.97 Å². The maximum absolute atomic E-state index is 12.3. The van der Waals surface area contributed by atoms with Gasteiger partial charge in [-0.15, -0.1) is 21.5 Å². The SMILES string of the molecule is CCOC(=O)c1ccc(NC(=O)CSc2nnc(-c3csc(C)c3)n2CC)cc1. The number of aromatic nitrogens is 3. The molecule has 0 unspecified atom stereocenters. The van der Waals surface area contributed by atoms with Crippen molar-refractivity contribution in [1.29, 1.82) is 0 Å². The second-order valence-corrected chi connectivity index (χ2v) is 8.19. The number of nitrogens with zero attached hydrogens (tertiary/aromatic N) is 3. The molecule has 9 heteroatoms. The molecule has 0 saturated heterocycles. The minimum atomic E-state index is -0.378. The highest BCUT2D eigenvalue weighted by molar-refractivity contribution is 7.99. The first kappa shape index (κ1) is 21.1. The quantitative estimate of drug-likeness (QED) is 0.425. The summed E-state index contributed by atoms with van der Waals surface area (Å²) in [4.78, 5) is 25.2. The van der Waals surface area contributed by atoms with Crippen molar-refractivity contribution in [3.63, 3.8) is 0 Å². The Morgan fingerprint density at radius 1 is 1.21 bits per heavy atom. The standard InChI is InChI=1S/C20H22N4O3S2/c1-4-24-18(15-10-13(3)28-11-15)22-23-20(24)29-12-17(25)21-16-8-6-14(7-9-16)19(26)27-5-2/h6-11H,4-5,12H2,1-3H3,(H,21,25). The molecule has 29 heavy (non-hydrogen) atoms. The van der Waals surface area contributed by atoms with Crippen LogP contribution in [-0.4, -0.2) is 39.0 Å². The first-order valence-electron chi connectivity index (χ1n) is 9.20. The average molecular weight is 431 g/mol. The van der Waals surface area contributed by atoms with Crippen LogP contribution in [-0.2, 0) is 16.1 Å². The van der Waals surface area contributed by atoms with Crippen LogP contribution in [0.15, 0.2) is 40.9 Å². The number of hydrogen-bond donors (Lipinski definition) is 1. The Kier molecular flexibility index (Phi) is 7.05. The Balaban J connectivity index is 1.59. The van der Waals surface area contributed by atoms with Crippen molar-refractivity contribution in [2.45, 2.75) is 32.5 Å². The largest absolute Gasteiger partial charge is 0.462 e. The Labute approximate surface area is 177 Å². The Hall–Kier alpha value is -2.65. The fraction of sp³-hybridized carbons (Fsp3) is 0.300. The molecule has 3 aromatic rings. The van der Waals surface area contributed by atoms with Crippen molar-refractivity contribution in [1.82, 2.24) is 14.8 Å². The molecule has 1 N–H and O–H groups in total. The van der Waals surface area contributed by atoms with Crippen molar-refractivity contribution in [3.8, 4) is 11.4 Å². The van der Waals surface area contributed by atoms with Gasteiger partial charge in [-0.25, -0.2) is 4.79 Å². The molecule has 0 saturated carbocycles. The lowest BCUT2D eigenvalue weighted by atomic mass is 10.2. The summed E-state index contributed by atoms with van der Waals surface area (Å²) in [7, 11) is 0. The van der Waals surface area contributed by atoms with Gasteiger partial charge in [0.15, 0.2) is 11.0 Å². The van der Waals surface area contributed by atoms with E-state index in [0.29, 0.717) is 23.0 Å². The summed E-state index contributed by atoms with van der Waals surface area (Å²) < 4.78 is 6.96. The summed E-state index contributed by atoms with van der Waals surface area (Å²) in [5.74, 6) is 0.490. The number of anilines is 1. The summed E-state index contributed by atoms with van der Waals surface area (Å²) >= 11 is 3.01. The second-order valence-electron chi connectivity index (χ2n) is 6.13. The lowest BCUT2D eigenvalue weighted by Crippen LogP contribution is -2.15. The third-order valence-electron chi connectivity index (χ3n) is 4.03. The summed E-state index contributed by atoms with van der Waals surface area (Å²) in [5, 5.41) is 14.1. The molecule has 1 amide bonds. The third-order valence-corrected chi connectivity index (χ3v) is 5.86. The van der Waals surface area contributed by atoms with Crippen molar-refractivity contribution in [2.75, 3.05) is 17.7 Å². The molecule has 3 rings (SSSR count). The minimum absolute atomic E-state index is 0.155. The lowest BCUT2D eigenvalue weighted by molar-refractivity contribution is -0.113. The number of carbonyl (C=O) groups is 2. The highest BCUT2D eigenvalue weighted by Crippen LogP contribution is 2.27.